The number of pyridine rings is 1. The monoisotopic (exact) mass is 997 g/mol. The first-order valence-corrected chi connectivity index (χ1v) is 26.2. The summed E-state index contributed by atoms with van der Waals surface area (Å²) in [6, 6.07) is 10.5. The number of phenolic OH excluding ortho intramolecular Hbond substituents is 1. The van der Waals surface area contributed by atoms with Gasteiger partial charge in [-0.05, 0) is 118 Å². The minimum Gasteiger partial charge on any atom is -0.508 e. The van der Waals surface area contributed by atoms with Crippen LogP contribution in [0.3, 0.4) is 0 Å². The van der Waals surface area contributed by atoms with Crippen molar-refractivity contribution in [2.45, 2.75) is 111 Å². The summed E-state index contributed by atoms with van der Waals surface area (Å²) in [5.41, 5.74) is 10.4. The molecule has 3 aliphatic heterocycles. The second-order valence-electron chi connectivity index (χ2n) is 20.8. The normalized spacial score (nSPS) is 21.0. The van der Waals surface area contributed by atoms with Crippen molar-refractivity contribution in [3.63, 3.8) is 0 Å². The molecule has 3 amide bonds. The molecule has 71 heavy (non-hydrogen) atoms. The van der Waals surface area contributed by atoms with Crippen molar-refractivity contribution in [2.75, 3.05) is 54.5 Å². The van der Waals surface area contributed by atoms with E-state index in [9.17, 15) is 32.7 Å². The van der Waals surface area contributed by atoms with Crippen LogP contribution in [0.4, 0.5) is 0 Å². The Morgan fingerprint density at radius 2 is 1.82 bits per heavy atom. The summed E-state index contributed by atoms with van der Waals surface area (Å²) in [5, 5.41) is 17.6. The van der Waals surface area contributed by atoms with E-state index in [-0.39, 0.29) is 50.9 Å². The number of fused-ring (bicyclic) bond motifs is 6. The van der Waals surface area contributed by atoms with Crippen LogP contribution in [0.2, 0.25) is 0 Å². The summed E-state index contributed by atoms with van der Waals surface area (Å²) in [4.78, 5) is 65.8. The highest BCUT2D eigenvalue weighted by molar-refractivity contribution is 7.92. The lowest BCUT2D eigenvalue weighted by Gasteiger charge is -2.37. The number of aromatic hydroxyl groups is 1. The molecule has 3 N–H and O–H groups in total. The average molecular weight is 997 g/mol. The van der Waals surface area contributed by atoms with E-state index in [0.29, 0.717) is 43.5 Å². The Labute approximate surface area is 418 Å². The van der Waals surface area contributed by atoms with Gasteiger partial charge in [-0.25, -0.2) is 13.8 Å². The van der Waals surface area contributed by atoms with Crippen LogP contribution in [-0.4, -0.2) is 138 Å². The van der Waals surface area contributed by atoms with Crippen LogP contribution in [0.15, 0.2) is 60.6 Å². The van der Waals surface area contributed by atoms with Crippen molar-refractivity contribution in [1.82, 2.24) is 39.4 Å². The molecule has 0 spiro atoms. The van der Waals surface area contributed by atoms with Gasteiger partial charge in [0, 0.05) is 86.8 Å². The topological polar surface area (TPSA) is 196 Å². The van der Waals surface area contributed by atoms with E-state index in [4.69, 9.17) is 14.5 Å². The zero-order valence-corrected chi connectivity index (χ0v) is 43.8. The predicted molar refractivity (Wildman–Crippen MR) is 273 cm³/mol. The Balaban J connectivity index is 1.33. The Morgan fingerprint density at radius 1 is 1.07 bits per heavy atom. The van der Waals surface area contributed by atoms with Crippen molar-refractivity contribution in [3.05, 3.63) is 83.0 Å². The van der Waals surface area contributed by atoms with Gasteiger partial charge in [0.1, 0.15) is 23.9 Å². The fourth-order valence-corrected chi connectivity index (χ4v) is 11.4. The molecule has 0 saturated carbocycles. The quantitative estimate of drug-likeness (QED) is 0.137. The molecular formula is C53H72N8O9S. The second kappa shape index (κ2) is 21.6. The van der Waals surface area contributed by atoms with Crippen LogP contribution in [0.1, 0.15) is 89.3 Å². The highest BCUT2D eigenvalue weighted by atomic mass is 32.2. The number of carbonyl (C=O) groups excluding carboxylic acids is 4. The molecule has 0 radical (unpaired) electrons. The van der Waals surface area contributed by atoms with Crippen LogP contribution in [0.5, 0.6) is 5.75 Å². The number of hydrazine groups is 1. The summed E-state index contributed by atoms with van der Waals surface area (Å²) in [6.45, 7) is 17.0. The number of cyclic esters (lactones) is 1. The largest absolute Gasteiger partial charge is 0.508 e. The lowest BCUT2D eigenvalue weighted by molar-refractivity contribution is -0.155. The number of esters is 1. The lowest BCUT2D eigenvalue weighted by atomic mass is 9.84. The van der Waals surface area contributed by atoms with E-state index in [0.717, 1.165) is 50.0 Å². The van der Waals surface area contributed by atoms with Crippen LogP contribution in [0.25, 0.3) is 33.3 Å². The van der Waals surface area contributed by atoms with Crippen LogP contribution in [0, 0.1) is 17.3 Å². The van der Waals surface area contributed by atoms with Gasteiger partial charge >= 0.3 is 5.97 Å². The fourth-order valence-electron chi connectivity index (χ4n) is 10.5. The minimum absolute atomic E-state index is 0.0342. The number of likely N-dealkylation sites (N-methyl/N-ethyl adjacent to an activating group) is 1. The highest BCUT2D eigenvalue weighted by Gasteiger charge is 2.41. The number of sulfonamides is 1. The number of rotatable bonds is 13. The van der Waals surface area contributed by atoms with Gasteiger partial charge in [0.15, 0.2) is 0 Å². The van der Waals surface area contributed by atoms with Crippen molar-refractivity contribution in [2.24, 2.45) is 17.3 Å². The molecule has 1 unspecified atom stereocenters. The van der Waals surface area contributed by atoms with Gasteiger partial charge in [-0.15, -0.1) is 0 Å². The van der Waals surface area contributed by atoms with Crippen LogP contribution < -0.4 is 10.7 Å². The molecule has 2 aromatic carbocycles. The maximum atomic E-state index is 14.8. The number of phenols is 1. The van der Waals surface area contributed by atoms with Gasteiger partial charge in [-0.3, -0.25) is 29.2 Å². The molecule has 0 aliphatic carbocycles. The summed E-state index contributed by atoms with van der Waals surface area (Å²) >= 11 is 0. The number of methoxy groups -OCH3 is 1. The molecule has 2 fully saturated rings. The van der Waals surface area contributed by atoms with E-state index >= 15 is 0 Å². The van der Waals surface area contributed by atoms with E-state index in [1.807, 2.05) is 39.3 Å². The van der Waals surface area contributed by atoms with Crippen LogP contribution in [-0.2, 0) is 64.6 Å². The number of aromatic nitrogens is 2. The first-order chi connectivity index (χ1) is 33.6. The minimum atomic E-state index is -3.74. The number of nitrogens with one attached hydrogen (secondary N) is 2. The number of hydrogen-bond donors (Lipinski definition) is 3. The Hall–Kier alpha value is -5.66. The maximum Gasteiger partial charge on any atom is 0.324 e. The average Bonchev–Trinajstić information content (AvgIpc) is 3.95. The third-order valence-electron chi connectivity index (χ3n) is 14.1. The number of amides is 3. The number of benzene rings is 2. The van der Waals surface area contributed by atoms with Gasteiger partial charge in [0.2, 0.25) is 21.8 Å². The predicted octanol–water partition coefficient (Wildman–Crippen LogP) is 5.79. The molecule has 17 nitrogen and oxygen atoms in total. The number of hydrogen-bond acceptors (Lipinski definition) is 12. The van der Waals surface area contributed by atoms with E-state index in [2.05, 4.69) is 65.8 Å². The van der Waals surface area contributed by atoms with Gasteiger partial charge in [0.05, 0.1) is 30.0 Å². The molecule has 5 atom stereocenters. The van der Waals surface area contributed by atoms with E-state index < -0.39 is 69.1 Å². The van der Waals surface area contributed by atoms with Crippen molar-refractivity contribution in [1.29, 1.82) is 0 Å². The zero-order valence-electron chi connectivity index (χ0n) is 43.0. The molecule has 7 rings (SSSR count). The molecule has 5 heterocycles. The van der Waals surface area contributed by atoms with Crippen molar-refractivity contribution < 1.29 is 42.2 Å². The standard InChI is InChI=1S/C53H72N8O9S/c1-12-60-45-17-16-36-26-40(45)42(48(60)41-23-35(29-57(8)9)28-54-46(41)33(5)69-11)27-53(6,7)31-70-52(66)43-15-14-19-61(56-43)51(65)44(24-34-21-38(36)25-39(62)22-34)55-49(63)47(32(3)4)58(10)50(64)37-18-20-59(30-37)71(67,68)13-2/h13,16-17,21-23,25-26,28,32-33,37,43-44,47,56,62H,2,12,14-15,18-20,24,27,29-31H2,1,3-11H3,(H,55,63)/t33-,37-,43-,44-,47?/m0/s1. The Kier molecular flexibility index (Phi) is 16.2. The third kappa shape index (κ3) is 11.5. The Bertz CT molecular complexity index is 2790. The van der Waals surface area contributed by atoms with Crippen molar-refractivity contribution in [3.8, 4) is 28.1 Å². The number of nitrogens with zero attached hydrogens (tertiary/aromatic N) is 6. The number of carbonyl (C=O) groups is 4. The van der Waals surface area contributed by atoms with Crippen LogP contribution >= 0.6 is 0 Å². The third-order valence-corrected chi connectivity index (χ3v) is 15.5. The summed E-state index contributed by atoms with van der Waals surface area (Å²) in [7, 11) is 3.51. The molecule has 2 aromatic heterocycles. The second-order valence-corrected chi connectivity index (χ2v) is 22.7. The smallest absolute Gasteiger partial charge is 0.324 e. The summed E-state index contributed by atoms with van der Waals surface area (Å²) < 4.78 is 40.7. The molecular weight excluding hydrogens is 925 g/mol. The number of aryl methyl sites for hydroxylation is 1. The Morgan fingerprint density at radius 3 is 2.49 bits per heavy atom. The lowest BCUT2D eigenvalue weighted by Crippen LogP contribution is -2.62. The van der Waals surface area contributed by atoms with Gasteiger partial charge < -0.3 is 34.3 Å². The van der Waals surface area contributed by atoms with E-state index in [1.165, 1.54) is 21.3 Å². The molecule has 6 bridgehead atoms. The molecule has 4 aromatic rings. The van der Waals surface area contributed by atoms with E-state index in [1.54, 1.807) is 33.1 Å². The first-order valence-electron chi connectivity index (χ1n) is 24.6. The zero-order chi connectivity index (χ0) is 51.7. The maximum absolute atomic E-state index is 14.8. The highest BCUT2D eigenvalue weighted by Crippen LogP contribution is 2.43. The fraction of sp³-hybridized carbons (Fsp3) is 0.528. The molecule has 384 valence electrons. The van der Waals surface area contributed by atoms with Crippen molar-refractivity contribution >= 4 is 44.6 Å². The SMILES string of the molecule is C=CS(=O)(=O)N1CC[C@H](C(=O)N(C)C(C(=O)N[C@H]2Cc3cc(O)cc(c3)-c3ccc4c(c3)c(c(-c3cc(CN(C)C)cnc3[C@H](C)OC)n4CC)CC(C)(C)COC(=O)[C@@H]3CCCN(N3)C2=O)C(C)C)C1. The van der Waals surface area contributed by atoms with Gasteiger partial charge in [-0.2, -0.15) is 4.31 Å². The van der Waals surface area contributed by atoms with Gasteiger partial charge in [-0.1, -0.05) is 46.4 Å². The molecule has 18 heteroatoms. The first kappa shape index (κ1) is 53.1. The number of ether oxygens (including phenoxy) is 2. The molecule has 2 saturated heterocycles. The summed E-state index contributed by atoms with van der Waals surface area (Å²) in [6.07, 6.45) is 3.23. The summed E-state index contributed by atoms with van der Waals surface area (Å²) in [5.74, 6) is -3.11. The van der Waals surface area contributed by atoms with Gasteiger partial charge in [0.25, 0.3) is 5.91 Å². The molecule has 3 aliphatic rings.